The number of quaternary nitrogens is 1. The van der Waals surface area contributed by atoms with E-state index in [0.717, 1.165) is 30.8 Å². The van der Waals surface area contributed by atoms with E-state index in [1.807, 2.05) is 12.1 Å². The molecule has 0 amide bonds. The average Bonchev–Trinajstić information content (AvgIpc) is 2.30. The SMILES string of the molecule is FB(F)C[NH+]1CCC(c2ccncc2)CC1. The third kappa shape index (κ3) is 3.01. The number of hydrogen-bond donors (Lipinski definition) is 1. The lowest BCUT2D eigenvalue weighted by molar-refractivity contribution is -0.895. The lowest BCUT2D eigenvalue weighted by atomic mass is 9.88. The van der Waals surface area contributed by atoms with Crippen molar-refractivity contribution in [1.82, 2.24) is 4.98 Å². The smallest absolute Gasteiger partial charge is 0.336 e. The van der Waals surface area contributed by atoms with Crippen molar-refractivity contribution >= 4 is 7.27 Å². The summed E-state index contributed by atoms with van der Waals surface area (Å²) in [5.74, 6) is 0.532. The molecule has 0 aliphatic carbocycles. The standard InChI is InChI=1S/C11H15BF2N2/c13-12(14)9-16-7-3-11(4-8-16)10-1-5-15-6-2-10/h1-2,5-6,11H,3-4,7-9H2/p+1. The summed E-state index contributed by atoms with van der Waals surface area (Å²) < 4.78 is 24.4. The molecule has 86 valence electrons. The van der Waals surface area contributed by atoms with Gasteiger partial charge in [-0.3, -0.25) is 13.6 Å². The summed E-state index contributed by atoms with van der Waals surface area (Å²) >= 11 is 0. The van der Waals surface area contributed by atoms with Gasteiger partial charge < -0.3 is 4.90 Å². The second kappa shape index (κ2) is 5.39. The van der Waals surface area contributed by atoms with Crippen LogP contribution in [0.25, 0.3) is 0 Å². The molecule has 2 heterocycles. The van der Waals surface area contributed by atoms with Crippen LogP contribution in [0.15, 0.2) is 24.5 Å². The number of rotatable bonds is 3. The number of nitrogens with one attached hydrogen (secondary N) is 1. The van der Waals surface area contributed by atoms with Gasteiger partial charge in [0.15, 0.2) is 0 Å². The Labute approximate surface area is 94.8 Å². The molecule has 0 radical (unpaired) electrons. The fraction of sp³-hybridized carbons (Fsp3) is 0.545. The Morgan fingerprint density at radius 1 is 1.25 bits per heavy atom. The molecule has 1 saturated heterocycles. The van der Waals surface area contributed by atoms with Crippen LogP contribution in [0.3, 0.4) is 0 Å². The first-order chi connectivity index (χ1) is 7.75. The molecule has 0 saturated carbocycles. The van der Waals surface area contributed by atoms with Gasteiger partial charge in [-0.05, 0) is 23.6 Å². The monoisotopic (exact) mass is 225 g/mol. The first kappa shape index (κ1) is 11.5. The molecular formula is C11H16BF2N2+. The average molecular weight is 225 g/mol. The zero-order valence-electron chi connectivity index (χ0n) is 9.20. The van der Waals surface area contributed by atoms with E-state index in [1.54, 1.807) is 12.4 Å². The molecule has 2 nitrogen and oxygen atoms in total. The number of likely N-dealkylation sites (tertiary alicyclic amines) is 1. The Morgan fingerprint density at radius 3 is 2.44 bits per heavy atom. The summed E-state index contributed by atoms with van der Waals surface area (Å²) in [5, 5.41) is 0. The Balaban J connectivity index is 1.86. The molecular weight excluding hydrogens is 209 g/mol. The van der Waals surface area contributed by atoms with Gasteiger partial charge in [-0.2, -0.15) is 0 Å². The number of pyridine rings is 1. The summed E-state index contributed by atoms with van der Waals surface area (Å²) in [6.07, 6.45) is 5.61. The Bertz CT molecular complexity index is 313. The van der Waals surface area contributed by atoms with E-state index in [2.05, 4.69) is 4.98 Å². The van der Waals surface area contributed by atoms with Gasteiger partial charge in [0.25, 0.3) is 0 Å². The van der Waals surface area contributed by atoms with Crippen LogP contribution >= 0.6 is 0 Å². The molecule has 0 spiro atoms. The summed E-state index contributed by atoms with van der Waals surface area (Å²) in [6, 6.07) is 4.06. The number of halogens is 2. The minimum absolute atomic E-state index is 0.00304. The normalized spacial score (nSPS) is 25.4. The Kier molecular flexibility index (Phi) is 3.88. The van der Waals surface area contributed by atoms with Crippen molar-refractivity contribution in [2.75, 3.05) is 19.5 Å². The molecule has 5 heteroatoms. The minimum Gasteiger partial charge on any atom is -0.336 e. The number of aromatic nitrogens is 1. The number of piperidine rings is 1. The zero-order chi connectivity index (χ0) is 11.4. The highest BCUT2D eigenvalue weighted by Gasteiger charge is 2.27. The third-order valence-electron chi connectivity index (χ3n) is 3.31. The third-order valence-corrected chi connectivity index (χ3v) is 3.31. The largest absolute Gasteiger partial charge is 0.592 e. The second-order valence-electron chi connectivity index (χ2n) is 4.40. The highest BCUT2D eigenvalue weighted by molar-refractivity contribution is 6.42. The first-order valence-corrected chi connectivity index (χ1v) is 5.77. The van der Waals surface area contributed by atoms with E-state index >= 15 is 0 Å². The quantitative estimate of drug-likeness (QED) is 0.753. The maximum Gasteiger partial charge on any atom is 0.592 e. The van der Waals surface area contributed by atoms with Gasteiger partial charge in [0.1, 0.15) is 6.44 Å². The van der Waals surface area contributed by atoms with Crippen LogP contribution in [0.5, 0.6) is 0 Å². The molecule has 0 aromatic carbocycles. The molecule has 0 bridgehead atoms. The van der Waals surface area contributed by atoms with Crippen molar-refractivity contribution in [1.29, 1.82) is 0 Å². The van der Waals surface area contributed by atoms with Crippen LogP contribution in [0.1, 0.15) is 24.3 Å². The van der Waals surface area contributed by atoms with Gasteiger partial charge in [-0.15, -0.1) is 0 Å². The van der Waals surface area contributed by atoms with Gasteiger partial charge in [0.2, 0.25) is 0 Å². The van der Waals surface area contributed by atoms with E-state index < -0.39 is 7.27 Å². The van der Waals surface area contributed by atoms with Crippen molar-refractivity contribution in [3.05, 3.63) is 30.1 Å². The predicted molar refractivity (Wildman–Crippen MR) is 59.7 cm³/mol. The highest BCUT2D eigenvalue weighted by Crippen LogP contribution is 2.22. The van der Waals surface area contributed by atoms with E-state index in [4.69, 9.17) is 0 Å². The van der Waals surface area contributed by atoms with Gasteiger partial charge in [0, 0.05) is 25.2 Å². The minimum atomic E-state index is -2.17. The predicted octanol–water partition coefficient (Wildman–Crippen LogP) is 0.810. The zero-order valence-corrected chi connectivity index (χ0v) is 9.20. The summed E-state index contributed by atoms with van der Waals surface area (Å²) in [5.41, 5.74) is 1.30. The topological polar surface area (TPSA) is 17.3 Å². The Morgan fingerprint density at radius 2 is 1.88 bits per heavy atom. The molecule has 0 atom stereocenters. The highest BCUT2D eigenvalue weighted by atomic mass is 19.2. The van der Waals surface area contributed by atoms with Crippen molar-refractivity contribution in [2.45, 2.75) is 18.8 Å². The van der Waals surface area contributed by atoms with Crippen molar-refractivity contribution < 1.29 is 13.5 Å². The van der Waals surface area contributed by atoms with Crippen molar-refractivity contribution in [3.8, 4) is 0 Å². The van der Waals surface area contributed by atoms with E-state index in [0.29, 0.717) is 5.92 Å². The summed E-state index contributed by atoms with van der Waals surface area (Å²) in [4.78, 5) is 5.03. The molecule has 16 heavy (non-hydrogen) atoms. The maximum atomic E-state index is 12.2. The lowest BCUT2D eigenvalue weighted by Gasteiger charge is -2.28. The van der Waals surface area contributed by atoms with Crippen molar-refractivity contribution in [3.63, 3.8) is 0 Å². The van der Waals surface area contributed by atoms with E-state index in [1.165, 1.54) is 5.56 Å². The molecule has 1 aromatic heterocycles. The van der Waals surface area contributed by atoms with Gasteiger partial charge >= 0.3 is 7.27 Å². The van der Waals surface area contributed by atoms with Crippen LogP contribution < -0.4 is 4.90 Å². The van der Waals surface area contributed by atoms with Crippen LogP contribution in [0, 0.1) is 0 Å². The van der Waals surface area contributed by atoms with Crippen LogP contribution in [-0.2, 0) is 0 Å². The number of hydrogen-bond acceptors (Lipinski definition) is 1. The molecule has 1 fully saturated rings. The maximum absolute atomic E-state index is 12.2. The molecule has 1 N–H and O–H groups in total. The summed E-state index contributed by atoms with van der Waals surface area (Å²) in [6.45, 7) is 1.72. The Hall–Kier alpha value is -0.965. The van der Waals surface area contributed by atoms with Gasteiger partial charge in [-0.25, -0.2) is 0 Å². The van der Waals surface area contributed by atoms with E-state index in [9.17, 15) is 8.63 Å². The fourth-order valence-corrected chi connectivity index (χ4v) is 2.42. The summed E-state index contributed by atoms with van der Waals surface area (Å²) in [7, 11) is -2.17. The molecule has 1 aromatic rings. The van der Waals surface area contributed by atoms with Gasteiger partial charge in [-0.1, -0.05) is 0 Å². The van der Waals surface area contributed by atoms with Gasteiger partial charge in [0.05, 0.1) is 13.1 Å². The second-order valence-corrected chi connectivity index (χ2v) is 4.40. The molecule has 1 aliphatic rings. The number of nitrogens with zero attached hydrogens (tertiary/aromatic N) is 1. The van der Waals surface area contributed by atoms with Crippen LogP contribution in [0.4, 0.5) is 8.63 Å². The molecule has 1 aliphatic heterocycles. The van der Waals surface area contributed by atoms with Crippen LogP contribution in [-0.4, -0.2) is 31.8 Å². The van der Waals surface area contributed by atoms with Crippen LogP contribution in [0.2, 0.25) is 0 Å². The van der Waals surface area contributed by atoms with E-state index in [-0.39, 0.29) is 6.44 Å². The lowest BCUT2D eigenvalue weighted by Crippen LogP contribution is -3.14. The fourth-order valence-electron chi connectivity index (χ4n) is 2.42. The van der Waals surface area contributed by atoms with Crippen molar-refractivity contribution in [2.24, 2.45) is 0 Å². The molecule has 2 rings (SSSR count). The first-order valence-electron chi connectivity index (χ1n) is 5.77. The molecule has 0 unspecified atom stereocenters.